The summed E-state index contributed by atoms with van der Waals surface area (Å²) in [6, 6.07) is 0. The number of aliphatic hydroxyl groups excluding tert-OH is 1. The van der Waals surface area contributed by atoms with Gasteiger partial charge in [-0.25, -0.2) is 9.67 Å². The van der Waals surface area contributed by atoms with Crippen molar-refractivity contribution in [1.29, 1.82) is 0 Å². The van der Waals surface area contributed by atoms with Crippen molar-refractivity contribution in [2.24, 2.45) is 5.73 Å². The Kier molecular flexibility index (Phi) is 6.63. The van der Waals surface area contributed by atoms with E-state index in [0.29, 0.717) is 0 Å². The summed E-state index contributed by atoms with van der Waals surface area (Å²) in [5.74, 6) is -0.881. The van der Waals surface area contributed by atoms with Crippen LogP contribution in [0, 0.1) is 0 Å². The molecule has 3 rings (SSSR count). The first-order valence-electron chi connectivity index (χ1n) is 9.97. The van der Waals surface area contributed by atoms with Gasteiger partial charge in [0.1, 0.15) is 24.6 Å². The third-order valence-electron chi connectivity index (χ3n) is 5.37. The molecule has 1 amide bonds. The van der Waals surface area contributed by atoms with Crippen LogP contribution in [0.3, 0.4) is 0 Å². The number of hydrogen-bond donors (Lipinski definition) is 2. The molecule has 0 saturated carbocycles. The fourth-order valence-electron chi connectivity index (χ4n) is 3.78. The number of fused-ring (bicyclic) bond motifs is 1. The van der Waals surface area contributed by atoms with Crippen molar-refractivity contribution in [3.63, 3.8) is 0 Å². The van der Waals surface area contributed by atoms with E-state index >= 15 is 0 Å². The molecule has 1 aromatic heterocycles. The quantitative estimate of drug-likeness (QED) is 0.650. The minimum Gasteiger partial charge on any atom is -0.413 e. The summed E-state index contributed by atoms with van der Waals surface area (Å²) in [7, 11) is -4.32. The molecular formula is C17H31N4O6Si2. The minimum atomic E-state index is -2.58. The number of carbonyl (C=O) groups excluding carboxylic acids is 1. The molecule has 4 atom stereocenters. The van der Waals surface area contributed by atoms with E-state index in [4.69, 9.17) is 23.4 Å². The maximum absolute atomic E-state index is 11.3. The fraction of sp³-hybridized carbons (Fsp3) is 0.824. The standard InChI is InChI=1S/C17H31N4O6Si2/c1-9(2)28-26-14-12(7-24-29(27-28,10(3)4)11(5)6)25-17(13(14)22)21-8-19-16(20-21)15(18)23/h8-14,17,22H,7H2,1-6H3,(H2,18,23)/t12?,13-,14?,17?/m1/s1. The molecule has 2 fully saturated rings. The Hall–Kier alpha value is -1.16. The molecule has 163 valence electrons. The molecule has 29 heavy (non-hydrogen) atoms. The molecule has 10 nitrogen and oxygen atoms in total. The lowest BCUT2D eigenvalue weighted by Crippen LogP contribution is -2.58. The molecule has 3 N–H and O–H groups in total. The minimum absolute atomic E-state index is 0.136. The van der Waals surface area contributed by atoms with Gasteiger partial charge >= 0.3 is 17.8 Å². The highest BCUT2D eigenvalue weighted by Crippen LogP contribution is 2.41. The Morgan fingerprint density at radius 2 is 1.97 bits per heavy atom. The second kappa shape index (κ2) is 8.53. The zero-order chi connectivity index (χ0) is 21.5. The number of rotatable bonds is 5. The Bertz CT molecular complexity index is 723. The smallest absolute Gasteiger partial charge is 0.378 e. The summed E-state index contributed by atoms with van der Waals surface area (Å²) < 4.78 is 26.8. The molecule has 1 radical (unpaired) electrons. The zero-order valence-electron chi connectivity index (χ0n) is 17.7. The third-order valence-corrected chi connectivity index (χ3v) is 12.7. The first-order chi connectivity index (χ1) is 13.6. The maximum Gasteiger partial charge on any atom is 0.378 e. The normalized spacial score (nSPS) is 30.6. The fourth-order valence-corrected chi connectivity index (χ4v) is 11.5. The van der Waals surface area contributed by atoms with E-state index in [2.05, 4.69) is 51.6 Å². The monoisotopic (exact) mass is 443 g/mol. The van der Waals surface area contributed by atoms with E-state index in [1.165, 1.54) is 11.0 Å². The van der Waals surface area contributed by atoms with Gasteiger partial charge in [0.25, 0.3) is 5.91 Å². The van der Waals surface area contributed by atoms with Crippen LogP contribution < -0.4 is 5.73 Å². The first kappa shape index (κ1) is 22.5. The van der Waals surface area contributed by atoms with E-state index in [-0.39, 0.29) is 29.1 Å². The van der Waals surface area contributed by atoms with E-state index in [1.54, 1.807) is 0 Å². The molecule has 0 aliphatic carbocycles. The summed E-state index contributed by atoms with van der Waals surface area (Å²) in [5.41, 5.74) is 5.85. The Morgan fingerprint density at radius 3 is 2.48 bits per heavy atom. The van der Waals surface area contributed by atoms with Crippen molar-refractivity contribution in [1.82, 2.24) is 14.8 Å². The molecule has 3 unspecified atom stereocenters. The van der Waals surface area contributed by atoms with Crippen LogP contribution in [0.5, 0.6) is 0 Å². The summed E-state index contributed by atoms with van der Waals surface area (Å²) in [6.07, 6.45) is -1.65. The topological polar surface area (TPSA) is 131 Å². The molecule has 3 heterocycles. The number of aliphatic hydroxyl groups is 1. The van der Waals surface area contributed by atoms with Gasteiger partial charge in [0.2, 0.25) is 5.82 Å². The van der Waals surface area contributed by atoms with E-state index in [0.717, 1.165) is 0 Å². The summed E-state index contributed by atoms with van der Waals surface area (Å²) >= 11 is 0. The highest BCUT2D eigenvalue weighted by molar-refractivity contribution is 6.76. The van der Waals surface area contributed by atoms with Crippen LogP contribution >= 0.6 is 0 Å². The predicted molar refractivity (Wildman–Crippen MR) is 107 cm³/mol. The van der Waals surface area contributed by atoms with Gasteiger partial charge < -0.3 is 28.5 Å². The van der Waals surface area contributed by atoms with Crippen molar-refractivity contribution in [3.05, 3.63) is 12.2 Å². The highest BCUT2D eigenvalue weighted by atomic mass is 28.4. The number of nitrogens with zero attached hydrogens (tertiary/aromatic N) is 3. The maximum atomic E-state index is 11.3. The Labute approximate surface area is 173 Å². The molecule has 12 heteroatoms. The highest BCUT2D eigenvalue weighted by Gasteiger charge is 2.55. The second-order valence-corrected chi connectivity index (χ2v) is 15.4. The number of nitrogens with two attached hydrogens (primary N) is 1. The van der Waals surface area contributed by atoms with Gasteiger partial charge in [-0.2, -0.15) is 0 Å². The number of carbonyl (C=O) groups is 1. The second-order valence-electron chi connectivity index (χ2n) is 8.47. The summed E-state index contributed by atoms with van der Waals surface area (Å²) in [5, 5.41) is 14.9. The SMILES string of the molecule is CC(C)[Si]1OC2C(CO[Si](C(C)C)(C(C)C)O1)OC(n1cnc(C(N)=O)n1)[C@@H]2O. The number of amides is 1. The van der Waals surface area contributed by atoms with Gasteiger partial charge in [0.05, 0.1) is 6.61 Å². The van der Waals surface area contributed by atoms with Crippen LogP contribution in [0.15, 0.2) is 6.33 Å². The molecule has 2 saturated heterocycles. The van der Waals surface area contributed by atoms with Crippen LogP contribution in [0.25, 0.3) is 0 Å². The Balaban J connectivity index is 1.89. The van der Waals surface area contributed by atoms with Gasteiger partial charge in [0, 0.05) is 0 Å². The van der Waals surface area contributed by atoms with Gasteiger partial charge in [0.15, 0.2) is 6.23 Å². The summed E-state index contributed by atoms with van der Waals surface area (Å²) in [6.45, 7) is 12.9. The average Bonchev–Trinajstić information content (AvgIpc) is 3.20. The van der Waals surface area contributed by atoms with Gasteiger partial charge in [-0.1, -0.05) is 41.5 Å². The van der Waals surface area contributed by atoms with E-state index < -0.39 is 48.3 Å². The van der Waals surface area contributed by atoms with E-state index in [9.17, 15) is 9.90 Å². The number of hydrogen-bond acceptors (Lipinski definition) is 8. The molecule has 2 aliphatic heterocycles. The number of primary amides is 1. The average molecular weight is 444 g/mol. The van der Waals surface area contributed by atoms with Gasteiger partial charge in [-0.15, -0.1) is 5.10 Å². The van der Waals surface area contributed by atoms with Crippen molar-refractivity contribution in [3.8, 4) is 0 Å². The van der Waals surface area contributed by atoms with Crippen LogP contribution in [-0.4, -0.2) is 68.5 Å². The van der Waals surface area contributed by atoms with Crippen LogP contribution in [0.1, 0.15) is 58.4 Å². The summed E-state index contributed by atoms with van der Waals surface area (Å²) in [4.78, 5) is 15.2. The van der Waals surface area contributed by atoms with Crippen molar-refractivity contribution < 1.29 is 27.6 Å². The molecular weight excluding hydrogens is 412 g/mol. The zero-order valence-corrected chi connectivity index (χ0v) is 19.7. The molecule has 0 aromatic carbocycles. The lowest BCUT2D eigenvalue weighted by atomic mass is 10.1. The number of ether oxygens (including phenoxy) is 1. The molecule has 0 spiro atoms. The van der Waals surface area contributed by atoms with Crippen molar-refractivity contribution >= 4 is 23.8 Å². The van der Waals surface area contributed by atoms with Gasteiger partial charge in [-0.05, 0) is 16.6 Å². The van der Waals surface area contributed by atoms with Crippen LogP contribution in [-0.2, 0) is 17.7 Å². The van der Waals surface area contributed by atoms with Crippen molar-refractivity contribution in [2.45, 2.75) is 82.7 Å². The van der Waals surface area contributed by atoms with Gasteiger partial charge in [-0.3, -0.25) is 4.79 Å². The molecule has 2 aliphatic rings. The third kappa shape index (κ3) is 4.20. The Morgan fingerprint density at radius 1 is 1.31 bits per heavy atom. The van der Waals surface area contributed by atoms with E-state index in [1.807, 2.05) is 0 Å². The van der Waals surface area contributed by atoms with Crippen LogP contribution in [0.4, 0.5) is 0 Å². The molecule has 0 bridgehead atoms. The van der Waals surface area contributed by atoms with Crippen LogP contribution in [0.2, 0.25) is 16.6 Å². The first-order valence-corrected chi connectivity index (χ1v) is 13.3. The largest absolute Gasteiger partial charge is 0.413 e. The molecule has 1 aromatic rings. The predicted octanol–water partition coefficient (Wildman–Crippen LogP) is 1.23. The van der Waals surface area contributed by atoms with Crippen molar-refractivity contribution in [2.75, 3.05) is 6.61 Å². The lowest BCUT2D eigenvalue weighted by molar-refractivity contribution is -0.0617. The lowest BCUT2D eigenvalue weighted by Gasteiger charge is -2.43. The number of aromatic nitrogens is 3.